The molecule has 0 aliphatic carbocycles. The first-order valence-electron chi connectivity index (χ1n) is 4.54. The standard InChI is InChI=1S/C10H12N2O3/c1-2-3-4-7-15-10-11-6-5-8(12-10)9(13)14/h2,5-6H,1,3-4,7H2,(H,13,14). The van der Waals surface area contributed by atoms with Crippen LogP contribution in [0, 0.1) is 0 Å². The monoisotopic (exact) mass is 208 g/mol. The minimum atomic E-state index is -1.09. The second kappa shape index (κ2) is 5.74. The first kappa shape index (κ1) is 11.2. The van der Waals surface area contributed by atoms with Gasteiger partial charge in [0.05, 0.1) is 6.61 Å². The molecule has 0 aliphatic heterocycles. The molecule has 1 rings (SSSR count). The second-order valence-electron chi connectivity index (χ2n) is 2.81. The zero-order chi connectivity index (χ0) is 11.1. The third-order valence-electron chi connectivity index (χ3n) is 1.64. The Labute approximate surface area is 87.4 Å². The molecule has 0 aliphatic rings. The van der Waals surface area contributed by atoms with E-state index in [9.17, 15) is 4.79 Å². The molecule has 1 aromatic heterocycles. The summed E-state index contributed by atoms with van der Waals surface area (Å²) in [6.07, 6.45) is 4.81. The maximum atomic E-state index is 10.6. The summed E-state index contributed by atoms with van der Waals surface area (Å²) in [6.45, 7) is 4.03. The zero-order valence-electron chi connectivity index (χ0n) is 8.22. The summed E-state index contributed by atoms with van der Waals surface area (Å²) in [5.74, 6) is -1.09. The predicted molar refractivity (Wildman–Crippen MR) is 53.9 cm³/mol. The van der Waals surface area contributed by atoms with E-state index in [1.54, 1.807) is 6.08 Å². The summed E-state index contributed by atoms with van der Waals surface area (Å²) in [5, 5.41) is 8.66. The molecule has 15 heavy (non-hydrogen) atoms. The molecule has 0 saturated heterocycles. The van der Waals surface area contributed by atoms with Gasteiger partial charge in [0.2, 0.25) is 0 Å². The lowest BCUT2D eigenvalue weighted by atomic mass is 10.3. The molecule has 0 saturated carbocycles. The summed E-state index contributed by atoms with van der Waals surface area (Å²) < 4.78 is 5.17. The molecule has 0 atom stereocenters. The third-order valence-corrected chi connectivity index (χ3v) is 1.64. The number of aromatic carboxylic acids is 1. The fraction of sp³-hybridized carbons (Fsp3) is 0.300. The van der Waals surface area contributed by atoms with Crippen LogP contribution in [0.4, 0.5) is 0 Å². The van der Waals surface area contributed by atoms with Gasteiger partial charge >= 0.3 is 12.0 Å². The predicted octanol–water partition coefficient (Wildman–Crippen LogP) is 1.52. The molecule has 1 aromatic rings. The summed E-state index contributed by atoms with van der Waals surface area (Å²) in [7, 11) is 0. The van der Waals surface area contributed by atoms with Gasteiger partial charge in [0.15, 0.2) is 5.69 Å². The average molecular weight is 208 g/mol. The van der Waals surface area contributed by atoms with Crippen molar-refractivity contribution in [2.24, 2.45) is 0 Å². The lowest BCUT2D eigenvalue weighted by Gasteiger charge is -2.02. The van der Waals surface area contributed by atoms with E-state index in [-0.39, 0.29) is 11.7 Å². The van der Waals surface area contributed by atoms with Crippen molar-refractivity contribution in [2.45, 2.75) is 12.8 Å². The molecule has 0 spiro atoms. The lowest BCUT2D eigenvalue weighted by molar-refractivity contribution is 0.0688. The molecule has 5 heteroatoms. The maximum Gasteiger partial charge on any atom is 0.354 e. The number of carboxylic acids is 1. The van der Waals surface area contributed by atoms with Gasteiger partial charge in [-0.1, -0.05) is 6.08 Å². The molecule has 0 fully saturated rings. The van der Waals surface area contributed by atoms with Crippen molar-refractivity contribution in [1.29, 1.82) is 0 Å². The van der Waals surface area contributed by atoms with Crippen molar-refractivity contribution < 1.29 is 14.6 Å². The summed E-state index contributed by atoms with van der Waals surface area (Å²) in [4.78, 5) is 18.1. The van der Waals surface area contributed by atoms with Crippen molar-refractivity contribution >= 4 is 5.97 Å². The summed E-state index contributed by atoms with van der Waals surface area (Å²) in [5.41, 5.74) is -0.0660. The number of rotatable bonds is 6. The van der Waals surface area contributed by atoms with E-state index in [1.165, 1.54) is 12.3 Å². The molecule has 1 N–H and O–H groups in total. The van der Waals surface area contributed by atoms with Gasteiger partial charge in [-0.15, -0.1) is 6.58 Å². The van der Waals surface area contributed by atoms with Gasteiger partial charge in [0, 0.05) is 6.20 Å². The smallest absolute Gasteiger partial charge is 0.354 e. The number of hydrogen-bond donors (Lipinski definition) is 1. The number of allylic oxidation sites excluding steroid dienone is 1. The van der Waals surface area contributed by atoms with Crippen LogP contribution < -0.4 is 4.74 Å². The number of ether oxygens (including phenoxy) is 1. The SMILES string of the molecule is C=CCCCOc1nccc(C(=O)O)n1. The molecule has 0 unspecified atom stereocenters. The number of hydrogen-bond acceptors (Lipinski definition) is 4. The van der Waals surface area contributed by atoms with Crippen LogP contribution in [0.5, 0.6) is 6.01 Å². The normalized spacial score (nSPS) is 9.60. The zero-order valence-corrected chi connectivity index (χ0v) is 8.22. The Morgan fingerprint density at radius 2 is 2.47 bits per heavy atom. The van der Waals surface area contributed by atoms with Gasteiger partial charge in [-0.2, -0.15) is 4.98 Å². The van der Waals surface area contributed by atoms with Gasteiger partial charge in [0.1, 0.15) is 0 Å². The molecular formula is C10H12N2O3. The van der Waals surface area contributed by atoms with Crippen LogP contribution in [-0.4, -0.2) is 27.7 Å². The summed E-state index contributed by atoms with van der Waals surface area (Å²) >= 11 is 0. The van der Waals surface area contributed by atoms with Crippen molar-refractivity contribution in [1.82, 2.24) is 9.97 Å². The molecule has 5 nitrogen and oxygen atoms in total. The Morgan fingerprint density at radius 3 is 3.13 bits per heavy atom. The highest BCUT2D eigenvalue weighted by Crippen LogP contribution is 2.03. The average Bonchev–Trinajstić information content (AvgIpc) is 2.25. The Morgan fingerprint density at radius 1 is 1.67 bits per heavy atom. The van der Waals surface area contributed by atoms with Gasteiger partial charge in [-0.3, -0.25) is 0 Å². The molecule has 0 bridgehead atoms. The van der Waals surface area contributed by atoms with Crippen molar-refractivity contribution in [2.75, 3.05) is 6.61 Å². The van der Waals surface area contributed by atoms with Gasteiger partial charge in [-0.25, -0.2) is 9.78 Å². The lowest BCUT2D eigenvalue weighted by Crippen LogP contribution is -2.05. The van der Waals surface area contributed by atoms with E-state index in [4.69, 9.17) is 9.84 Å². The number of carbonyl (C=O) groups is 1. The van der Waals surface area contributed by atoms with Crippen LogP contribution in [0.3, 0.4) is 0 Å². The molecule has 0 aromatic carbocycles. The molecule has 0 radical (unpaired) electrons. The Hall–Kier alpha value is -1.91. The van der Waals surface area contributed by atoms with E-state index in [0.717, 1.165) is 12.8 Å². The van der Waals surface area contributed by atoms with Crippen molar-refractivity contribution in [3.05, 3.63) is 30.6 Å². The molecular weight excluding hydrogens is 196 g/mol. The van der Waals surface area contributed by atoms with Gasteiger partial charge < -0.3 is 9.84 Å². The van der Waals surface area contributed by atoms with Crippen LogP contribution in [0.2, 0.25) is 0 Å². The quantitative estimate of drug-likeness (QED) is 0.566. The van der Waals surface area contributed by atoms with E-state index in [1.807, 2.05) is 0 Å². The summed E-state index contributed by atoms with van der Waals surface area (Å²) in [6, 6.07) is 1.41. The third kappa shape index (κ3) is 3.76. The van der Waals surface area contributed by atoms with Crippen LogP contribution in [-0.2, 0) is 0 Å². The van der Waals surface area contributed by atoms with E-state index < -0.39 is 5.97 Å². The van der Waals surface area contributed by atoms with E-state index in [2.05, 4.69) is 16.5 Å². The van der Waals surface area contributed by atoms with Crippen LogP contribution >= 0.6 is 0 Å². The van der Waals surface area contributed by atoms with Gasteiger partial charge in [-0.05, 0) is 18.9 Å². The number of unbranched alkanes of at least 4 members (excludes halogenated alkanes) is 1. The highest BCUT2D eigenvalue weighted by molar-refractivity contribution is 5.85. The first-order valence-corrected chi connectivity index (χ1v) is 4.54. The van der Waals surface area contributed by atoms with E-state index >= 15 is 0 Å². The largest absolute Gasteiger partial charge is 0.477 e. The Bertz CT molecular complexity index is 352. The van der Waals surface area contributed by atoms with Crippen molar-refractivity contribution in [3.63, 3.8) is 0 Å². The van der Waals surface area contributed by atoms with Crippen LogP contribution in [0.25, 0.3) is 0 Å². The van der Waals surface area contributed by atoms with Crippen molar-refractivity contribution in [3.8, 4) is 6.01 Å². The fourth-order valence-corrected chi connectivity index (χ4v) is 0.921. The molecule has 80 valence electrons. The minimum absolute atomic E-state index is 0.0660. The number of carboxylic acid groups (broad SMARTS) is 1. The second-order valence-corrected chi connectivity index (χ2v) is 2.81. The maximum absolute atomic E-state index is 10.6. The van der Waals surface area contributed by atoms with Crippen LogP contribution in [0.1, 0.15) is 23.3 Å². The highest BCUT2D eigenvalue weighted by atomic mass is 16.5. The first-order chi connectivity index (χ1) is 7.24. The van der Waals surface area contributed by atoms with Gasteiger partial charge in [0.25, 0.3) is 0 Å². The number of nitrogens with zero attached hydrogens (tertiary/aromatic N) is 2. The Kier molecular flexibility index (Phi) is 4.28. The Balaban J connectivity index is 2.50. The minimum Gasteiger partial charge on any atom is -0.477 e. The highest BCUT2D eigenvalue weighted by Gasteiger charge is 2.06. The fourth-order valence-electron chi connectivity index (χ4n) is 0.921. The topological polar surface area (TPSA) is 72.3 Å². The molecule has 1 heterocycles. The van der Waals surface area contributed by atoms with E-state index in [0.29, 0.717) is 6.61 Å². The molecule has 0 amide bonds. The number of aromatic nitrogens is 2. The van der Waals surface area contributed by atoms with Crippen LogP contribution in [0.15, 0.2) is 24.9 Å².